The molecule has 1 aliphatic rings. The third-order valence-corrected chi connectivity index (χ3v) is 5.49. The minimum atomic E-state index is -0.831. The molecule has 0 bridgehead atoms. The Bertz CT molecular complexity index is 1330. The number of Topliss-reactive ketones (excluding diaryl/α,β-unsaturated/α-hetero) is 1. The van der Waals surface area contributed by atoms with Gasteiger partial charge in [-0.3, -0.25) is 19.5 Å². The Morgan fingerprint density at radius 1 is 0.806 bits per heavy atom. The van der Waals surface area contributed by atoms with Gasteiger partial charge in [0.05, 0.1) is 11.3 Å². The summed E-state index contributed by atoms with van der Waals surface area (Å²) in [6.07, 6.45) is 1.61. The fourth-order valence-electron chi connectivity index (χ4n) is 4.08. The molecule has 1 unspecified atom stereocenters. The van der Waals surface area contributed by atoms with Crippen LogP contribution in [0.1, 0.15) is 17.3 Å². The maximum atomic E-state index is 13.2. The number of benzene rings is 3. The second-order valence-electron chi connectivity index (χ2n) is 7.29. The Kier molecular flexibility index (Phi) is 4.56. The van der Waals surface area contributed by atoms with Crippen LogP contribution in [0.25, 0.3) is 16.5 Å². The maximum Gasteiger partial charge on any atom is 0.300 e. The molecule has 5 nitrogen and oxygen atoms in total. The number of nitrogens with zero attached hydrogens (tertiary/aromatic N) is 2. The second-order valence-corrected chi connectivity index (χ2v) is 7.29. The molecule has 4 aromatic rings. The first-order valence-corrected chi connectivity index (χ1v) is 9.92. The number of ketones is 1. The summed E-state index contributed by atoms with van der Waals surface area (Å²) in [5.41, 5.74) is 1.61. The molecule has 1 aliphatic heterocycles. The number of hydrogen-bond donors (Lipinski definition) is 1. The van der Waals surface area contributed by atoms with E-state index in [1.165, 1.54) is 4.90 Å². The highest BCUT2D eigenvalue weighted by molar-refractivity contribution is 6.51. The Hall–Kier alpha value is -4.25. The number of hydrogen-bond acceptors (Lipinski definition) is 4. The standard InChI is InChI=1S/C26H18N2O3/c29-24(20-14-8-10-17-9-4-5-13-19(17)20)22-23(21-15-6-7-16-27-21)28(26(31)25(22)30)18-11-2-1-3-12-18/h1-16,23,29H/b24-22-. The van der Waals surface area contributed by atoms with E-state index in [1.807, 2.05) is 42.5 Å². The van der Waals surface area contributed by atoms with Gasteiger partial charge >= 0.3 is 0 Å². The number of anilines is 1. The van der Waals surface area contributed by atoms with Gasteiger partial charge in [-0.05, 0) is 35.0 Å². The fourth-order valence-corrected chi connectivity index (χ4v) is 4.08. The van der Waals surface area contributed by atoms with Gasteiger partial charge in [0.15, 0.2) is 0 Å². The number of pyridine rings is 1. The highest BCUT2D eigenvalue weighted by Gasteiger charge is 2.47. The van der Waals surface area contributed by atoms with E-state index < -0.39 is 17.7 Å². The van der Waals surface area contributed by atoms with Gasteiger partial charge in [0, 0.05) is 17.4 Å². The molecule has 150 valence electrons. The van der Waals surface area contributed by atoms with Crippen molar-refractivity contribution in [3.8, 4) is 0 Å². The van der Waals surface area contributed by atoms with E-state index in [0.717, 1.165) is 10.8 Å². The normalized spacial score (nSPS) is 17.9. The van der Waals surface area contributed by atoms with Gasteiger partial charge in [-0.2, -0.15) is 0 Å². The lowest BCUT2D eigenvalue weighted by atomic mass is 9.95. The zero-order valence-corrected chi connectivity index (χ0v) is 16.5. The first-order chi connectivity index (χ1) is 15.2. The number of aromatic nitrogens is 1. The lowest BCUT2D eigenvalue weighted by Gasteiger charge is -2.24. The van der Waals surface area contributed by atoms with Crippen LogP contribution in [0.5, 0.6) is 0 Å². The highest BCUT2D eigenvalue weighted by atomic mass is 16.3. The number of para-hydroxylation sites is 1. The van der Waals surface area contributed by atoms with E-state index in [2.05, 4.69) is 4.98 Å². The van der Waals surface area contributed by atoms with E-state index in [1.54, 1.807) is 54.7 Å². The van der Waals surface area contributed by atoms with Crippen LogP contribution in [0.2, 0.25) is 0 Å². The molecular formula is C26H18N2O3. The molecule has 5 heteroatoms. The minimum Gasteiger partial charge on any atom is -0.507 e. The molecular weight excluding hydrogens is 388 g/mol. The molecule has 1 amide bonds. The number of carbonyl (C=O) groups excluding carboxylic acids is 2. The van der Waals surface area contributed by atoms with Crippen molar-refractivity contribution < 1.29 is 14.7 Å². The first-order valence-electron chi connectivity index (χ1n) is 9.92. The molecule has 1 N–H and O–H groups in total. The van der Waals surface area contributed by atoms with Crippen molar-refractivity contribution in [2.24, 2.45) is 0 Å². The maximum absolute atomic E-state index is 13.2. The predicted molar refractivity (Wildman–Crippen MR) is 119 cm³/mol. The molecule has 5 rings (SSSR count). The van der Waals surface area contributed by atoms with Crippen LogP contribution in [0.4, 0.5) is 5.69 Å². The summed E-state index contributed by atoms with van der Waals surface area (Å²) in [5, 5.41) is 13.1. The average molecular weight is 406 g/mol. The molecule has 1 saturated heterocycles. The van der Waals surface area contributed by atoms with E-state index >= 15 is 0 Å². The molecule has 0 saturated carbocycles. The Balaban J connectivity index is 1.78. The van der Waals surface area contributed by atoms with Crippen molar-refractivity contribution in [1.29, 1.82) is 0 Å². The summed E-state index contributed by atoms with van der Waals surface area (Å²) < 4.78 is 0. The van der Waals surface area contributed by atoms with Crippen LogP contribution < -0.4 is 4.90 Å². The largest absolute Gasteiger partial charge is 0.507 e. The summed E-state index contributed by atoms with van der Waals surface area (Å²) in [7, 11) is 0. The van der Waals surface area contributed by atoms with Crippen LogP contribution >= 0.6 is 0 Å². The Morgan fingerprint density at radius 2 is 1.52 bits per heavy atom. The van der Waals surface area contributed by atoms with Crippen molar-refractivity contribution in [2.45, 2.75) is 6.04 Å². The first kappa shape index (κ1) is 18.8. The second kappa shape index (κ2) is 7.54. The zero-order valence-electron chi connectivity index (χ0n) is 16.5. The summed E-state index contributed by atoms with van der Waals surface area (Å²) in [6.45, 7) is 0. The van der Waals surface area contributed by atoms with E-state index in [-0.39, 0.29) is 11.3 Å². The topological polar surface area (TPSA) is 70.5 Å². The lowest BCUT2D eigenvalue weighted by molar-refractivity contribution is -0.132. The number of aliphatic hydroxyl groups excluding tert-OH is 1. The summed E-state index contributed by atoms with van der Waals surface area (Å²) in [5.74, 6) is -1.63. The van der Waals surface area contributed by atoms with Crippen molar-refractivity contribution in [2.75, 3.05) is 4.90 Å². The van der Waals surface area contributed by atoms with Gasteiger partial charge in [-0.1, -0.05) is 66.7 Å². The van der Waals surface area contributed by atoms with Crippen molar-refractivity contribution in [1.82, 2.24) is 4.98 Å². The fraction of sp³-hybridized carbons (Fsp3) is 0.0385. The molecule has 2 heterocycles. The quantitative estimate of drug-likeness (QED) is 0.300. The van der Waals surface area contributed by atoms with E-state index in [4.69, 9.17) is 0 Å². The summed E-state index contributed by atoms with van der Waals surface area (Å²) >= 11 is 0. The summed E-state index contributed by atoms with van der Waals surface area (Å²) in [4.78, 5) is 32.1. The zero-order chi connectivity index (χ0) is 21.4. The SMILES string of the molecule is O=C1C(=O)N(c2ccccc2)C(c2ccccn2)/C1=C(/O)c1cccc2ccccc12. The van der Waals surface area contributed by atoms with Crippen LogP contribution in [-0.4, -0.2) is 21.8 Å². The van der Waals surface area contributed by atoms with Crippen molar-refractivity contribution in [3.05, 3.63) is 114 Å². The van der Waals surface area contributed by atoms with Crippen molar-refractivity contribution in [3.63, 3.8) is 0 Å². The molecule has 0 aliphatic carbocycles. The monoisotopic (exact) mass is 406 g/mol. The summed E-state index contributed by atoms with van der Waals surface area (Å²) in [6, 6.07) is 26.6. The highest BCUT2D eigenvalue weighted by Crippen LogP contribution is 2.42. The van der Waals surface area contributed by atoms with E-state index in [9.17, 15) is 14.7 Å². The molecule has 1 atom stereocenters. The van der Waals surface area contributed by atoms with Crippen LogP contribution in [0.15, 0.2) is 103 Å². The van der Waals surface area contributed by atoms with Gasteiger partial charge in [0.1, 0.15) is 11.8 Å². The number of aliphatic hydroxyl groups is 1. The predicted octanol–water partition coefficient (Wildman–Crippen LogP) is 4.86. The molecule has 1 aromatic heterocycles. The molecule has 0 spiro atoms. The third kappa shape index (κ3) is 3.07. The van der Waals surface area contributed by atoms with Crippen LogP contribution in [-0.2, 0) is 9.59 Å². The molecule has 1 fully saturated rings. The molecule has 3 aromatic carbocycles. The van der Waals surface area contributed by atoms with Gasteiger partial charge in [0.25, 0.3) is 11.7 Å². The minimum absolute atomic E-state index is 0.0314. The van der Waals surface area contributed by atoms with Crippen LogP contribution in [0, 0.1) is 0 Å². The molecule has 0 radical (unpaired) electrons. The van der Waals surface area contributed by atoms with Gasteiger partial charge in [-0.15, -0.1) is 0 Å². The van der Waals surface area contributed by atoms with Crippen LogP contribution in [0.3, 0.4) is 0 Å². The van der Waals surface area contributed by atoms with Crippen molar-refractivity contribution >= 4 is 33.9 Å². The smallest absolute Gasteiger partial charge is 0.300 e. The lowest BCUT2D eigenvalue weighted by Crippen LogP contribution is -2.29. The number of fused-ring (bicyclic) bond motifs is 1. The van der Waals surface area contributed by atoms with Gasteiger partial charge < -0.3 is 5.11 Å². The number of amides is 1. The van der Waals surface area contributed by atoms with E-state index in [0.29, 0.717) is 16.9 Å². The number of carbonyl (C=O) groups is 2. The number of rotatable bonds is 3. The van der Waals surface area contributed by atoms with Gasteiger partial charge in [0.2, 0.25) is 0 Å². The Morgan fingerprint density at radius 3 is 2.29 bits per heavy atom. The Labute approximate surface area is 178 Å². The third-order valence-electron chi connectivity index (χ3n) is 5.49. The molecule has 31 heavy (non-hydrogen) atoms. The average Bonchev–Trinajstić information content (AvgIpc) is 3.10. The van der Waals surface area contributed by atoms with Gasteiger partial charge in [-0.25, -0.2) is 0 Å².